The number of hydrogen-bond donors (Lipinski definition) is 1. The summed E-state index contributed by atoms with van der Waals surface area (Å²) < 4.78 is 19.6. The Kier molecular flexibility index (Phi) is 3.98. The van der Waals surface area contributed by atoms with Gasteiger partial charge in [-0.3, -0.25) is 9.59 Å². The van der Waals surface area contributed by atoms with Crippen LogP contribution in [0.4, 0.5) is 15.8 Å². The number of rotatable bonds is 3. The molecule has 2 fully saturated rings. The molecule has 2 aliphatic heterocycles. The van der Waals surface area contributed by atoms with Crippen LogP contribution in [0.2, 0.25) is 0 Å². The van der Waals surface area contributed by atoms with E-state index in [0.717, 1.165) is 0 Å². The monoisotopic (exact) mass is 307 g/mol. The second-order valence-corrected chi connectivity index (χ2v) is 5.54. The Labute approximate surface area is 127 Å². The number of halogens is 1. The van der Waals surface area contributed by atoms with Gasteiger partial charge in [-0.2, -0.15) is 0 Å². The van der Waals surface area contributed by atoms with Crippen LogP contribution in [0.1, 0.15) is 6.42 Å². The number of carbonyl (C=O) groups excluding carboxylic acids is 2. The molecule has 0 aliphatic carbocycles. The molecule has 0 saturated carbocycles. The van der Waals surface area contributed by atoms with Crippen molar-refractivity contribution < 1.29 is 18.7 Å². The molecule has 1 aromatic rings. The maximum absolute atomic E-state index is 14.4. The summed E-state index contributed by atoms with van der Waals surface area (Å²) in [6, 6.07) is 4.71. The van der Waals surface area contributed by atoms with E-state index in [2.05, 4.69) is 0 Å². The van der Waals surface area contributed by atoms with E-state index >= 15 is 0 Å². The molecule has 1 atom stereocenters. The molecule has 0 radical (unpaired) electrons. The SMILES string of the molecule is NC(=O)C1CC(=O)N(c2ccc(N3CCOCC3)c(F)c2)C1. The molecule has 0 spiro atoms. The van der Waals surface area contributed by atoms with Crippen LogP contribution < -0.4 is 15.5 Å². The number of nitrogens with zero attached hydrogens (tertiary/aromatic N) is 2. The molecule has 2 N–H and O–H groups in total. The molecule has 22 heavy (non-hydrogen) atoms. The topological polar surface area (TPSA) is 75.9 Å². The molecular formula is C15H18FN3O3. The van der Waals surface area contributed by atoms with Gasteiger partial charge in [0.2, 0.25) is 11.8 Å². The van der Waals surface area contributed by atoms with Crippen molar-refractivity contribution in [3.63, 3.8) is 0 Å². The van der Waals surface area contributed by atoms with E-state index in [1.807, 2.05) is 4.90 Å². The molecule has 1 aromatic carbocycles. The number of nitrogens with two attached hydrogens (primary N) is 1. The van der Waals surface area contributed by atoms with Gasteiger partial charge in [0.25, 0.3) is 0 Å². The molecule has 118 valence electrons. The number of primary amides is 1. The quantitative estimate of drug-likeness (QED) is 0.882. The standard InChI is InChI=1S/C15H18FN3O3/c16-12-8-11(19-9-10(15(17)21)7-14(19)20)1-2-13(12)18-3-5-22-6-4-18/h1-2,8,10H,3-7,9H2,(H2,17,21). The Morgan fingerprint density at radius 2 is 2.05 bits per heavy atom. The second kappa shape index (κ2) is 5.92. The van der Waals surface area contributed by atoms with Gasteiger partial charge >= 0.3 is 0 Å². The van der Waals surface area contributed by atoms with Crippen molar-refractivity contribution in [2.75, 3.05) is 42.6 Å². The highest BCUT2D eigenvalue weighted by atomic mass is 19.1. The molecule has 2 amide bonds. The molecule has 2 heterocycles. The van der Waals surface area contributed by atoms with Gasteiger partial charge in [0, 0.05) is 31.7 Å². The highest BCUT2D eigenvalue weighted by Gasteiger charge is 2.34. The van der Waals surface area contributed by atoms with Crippen LogP contribution >= 0.6 is 0 Å². The molecule has 1 unspecified atom stereocenters. The number of morpholine rings is 1. The van der Waals surface area contributed by atoms with Gasteiger partial charge in [-0.25, -0.2) is 4.39 Å². The minimum absolute atomic E-state index is 0.0855. The van der Waals surface area contributed by atoms with E-state index in [9.17, 15) is 14.0 Å². The number of carbonyl (C=O) groups is 2. The first kappa shape index (κ1) is 14.8. The Hall–Kier alpha value is -2.15. The van der Waals surface area contributed by atoms with Gasteiger partial charge in [-0.1, -0.05) is 0 Å². The van der Waals surface area contributed by atoms with Crippen molar-refractivity contribution in [1.29, 1.82) is 0 Å². The largest absolute Gasteiger partial charge is 0.378 e. The predicted octanol–water partition coefficient (Wildman–Crippen LogP) is 0.500. The van der Waals surface area contributed by atoms with Gasteiger partial charge in [0.15, 0.2) is 0 Å². The van der Waals surface area contributed by atoms with Crippen molar-refractivity contribution in [2.45, 2.75) is 6.42 Å². The third-order valence-electron chi connectivity index (χ3n) is 4.12. The summed E-state index contributed by atoms with van der Waals surface area (Å²) in [6.45, 7) is 2.65. The minimum Gasteiger partial charge on any atom is -0.378 e. The fraction of sp³-hybridized carbons (Fsp3) is 0.467. The van der Waals surface area contributed by atoms with E-state index in [0.29, 0.717) is 37.7 Å². The molecule has 0 aromatic heterocycles. The number of anilines is 2. The van der Waals surface area contributed by atoms with Gasteiger partial charge in [-0.15, -0.1) is 0 Å². The first-order valence-corrected chi connectivity index (χ1v) is 7.28. The van der Waals surface area contributed by atoms with Crippen LogP contribution in [0.5, 0.6) is 0 Å². The van der Waals surface area contributed by atoms with Crippen LogP contribution in [-0.2, 0) is 14.3 Å². The second-order valence-electron chi connectivity index (χ2n) is 5.54. The summed E-state index contributed by atoms with van der Waals surface area (Å²) in [5.74, 6) is -1.59. The van der Waals surface area contributed by atoms with E-state index in [1.165, 1.54) is 11.0 Å². The molecule has 7 heteroatoms. The van der Waals surface area contributed by atoms with Crippen molar-refractivity contribution in [2.24, 2.45) is 11.7 Å². The Morgan fingerprint density at radius 3 is 2.64 bits per heavy atom. The van der Waals surface area contributed by atoms with Gasteiger partial charge in [0.1, 0.15) is 5.82 Å². The van der Waals surface area contributed by atoms with Crippen molar-refractivity contribution in [3.8, 4) is 0 Å². The van der Waals surface area contributed by atoms with Gasteiger partial charge in [0.05, 0.1) is 24.8 Å². The van der Waals surface area contributed by atoms with E-state index in [1.54, 1.807) is 12.1 Å². The highest BCUT2D eigenvalue weighted by molar-refractivity contribution is 6.00. The molecule has 3 rings (SSSR count). The molecular weight excluding hydrogens is 289 g/mol. The summed E-state index contributed by atoms with van der Waals surface area (Å²) in [5, 5.41) is 0. The molecule has 2 aliphatic rings. The van der Waals surface area contributed by atoms with E-state index in [-0.39, 0.29) is 24.7 Å². The summed E-state index contributed by atoms with van der Waals surface area (Å²) >= 11 is 0. The average molecular weight is 307 g/mol. The zero-order valence-corrected chi connectivity index (χ0v) is 12.1. The third-order valence-corrected chi connectivity index (χ3v) is 4.12. The molecule has 6 nitrogen and oxygen atoms in total. The fourth-order valence-corrected chi connectivity index (χ4v) is 2.87. The third kappa shape index (κ3) is 2.76. The number of benzene rings is 1. The average Bonchev–Trinajstić information content (AvgIpc) is 2.90. The first-order chi connectivity index (χ1) is 10.6. The van der Waals surface area contributed by atoms with Gasteiger partial charge in [-0.05, 0) is 18.2 Å². The normalized spacial score (nSPS) is 22.2. The molecule has 0 bridgehead atoms. The first-order valence-electron chi connectivity index (χ1n) is 7.28. The highest BCUT2D eigenvalue weighted by Crippen LogP contribution is 2.29. The summed E-state index contributed by atoms with van der Waals surface area (Å²) in [5.41, 5.74) is 6.21. The fourth-order valence-electron chi connectivity index (χ4n) is 2.87. The lowest BCUT2D eigenvalue weighted by atomic mass is 10.1. The van der Waals surface area contributed by atoms with Crippen LogP contribution in [-0.4, -0.2) is 44.7 Å². The Bertz CT molecular complexity index is 602. The predicted molar refractivity (Wildman–Crippen MR) is 79.1 cm³/mol. The Balaban J connectivity index is 1.80. The van der Waals surface area contributed by atoms with Crippen LogP contribution in [0.15, 0.2) is 18.2 Å². The van der Waals surface area contributed by atoms with Crippen LogP contribution in [0, 0.1) is 11.7 Å². The lowest BCUT2D eigenvalue weighted by Crippen LogP contribution is -2.36. The maximum atomic E-state index is 14.4. The van der Waals surface area contributed by atoms with Gasteiger partial charge < -0.3 is 20.3 Å². The van der Waals surface area contributed by atoms with Crippen LogP contribution in [0.25, 0.3) is 0 Å². The van der Waals surface area contributed by atoms with Crippen LogP contribution in [0.3, 0.4) is 0 Å². The van der Waals surface area contributed by atoms with Crippen molar-refractivity contribution >= 4 is 23.2 Å². The minimum atomic E-state index is -0.505. The van der Waals surface area contributed by atoms with Crippen molar-refractivity contribution in [1.82, 2.24) is 0 Å². The van der Waals surface area contributed by atoms with E-state index < -0.39 is 11.8 Å². The Morgan fingerprint density at radius 1 is 1.32 bits per heavy atom. The lowest BCUT2D eigenvalue weighted by Gasteiger charge is -2.29. The van der Waals surface area contributed by atoms with E-state index in [4.69, 9.17) is 10.5 Å². The molecule has 2 saturated heterocycles. The summed E-state index contributed by atoms with van der Waals surface area (Å²) in [6.07, 6.45) is 0.0855. The summed E-state index contributed by atoms with van der Waals surface area (Å²) in [4.78, 5) is 26.5. The number of hydrogen-bond acceptors (Lipinski definition) is 4. The zero-order chi connectivity index (χ0) is 15.7. The summed E-state index contributed by atoms with van der Waals surface area (Å²) in [7, 11) is 0. The number of amides is 2. The maximum Gasteiger partial charge on any atom is 0.227 e. The lowest BCUT2D eigenvalue weighted by molar-refractivity contribution is -0.123. The number of ether oxygens (including phenoxy) is 1. The smallest absolute Gasteiger partial charge is 0.227 e. The van der Waals surface area contributed by atoms with Crippen molar-refractivity contribution in [3.05, 3.63) is 24.0 Å². The zero-order valence-electron chi connectivity index (χ0n) is 12.1.